The van der Waals surface area contributed by atoms with Crippen molar-refractivity contribution < 1.29 is 14.3 Å². The SMILES string of the molecule is O=C(OCCOc1ccnc2ccccc12)c1nc2ccccc2cc1Br. The fourth-order valence-electron chi connectivity index (χ4n) is 2.78. The van der Waals surface area contributed by atoms with Gasteiger partial charge in [-0.25, -0.2) is 9.78 Å². The standard InChI is InChI=1S/C21H15BrN2O3/c22-16-13-14-5-1-3-7-17(14)24-20(16)21(25)27-12-11-26-19-9-10-23-18-8-4-2-6-15(18)19/h1-10,13H,11-12H2. The lowest BCUT2D eigenvalue weighted by molar-refractivity contribution is 0.0444. The predicted molar refractivity (Wildman–Crippen MR) is 107 cm³/mol. The van der Waals surface area contributed by atoms with Crippen LogP contribution >= 0.6 is 15.9 Å². The summed E-state index contributed by atoms with van der Waals surface area (Å²) in [4.78, 5) is 21.0. The molecule has 0 bridgehead atoms. The number of fused-ring (bicyclic) bond motifs is 2. The minimum atomic E-state index is -0.490. The Morgan fingerprint density at radius 2 is 1.74 bits per heavy atom. The Morgan fingerprint density at radius 3 is 2.63 bits per heavy atom. The highest BCUT2D eigenvalue weighted by atomic mass is 79.9. The number of pyridine rings is 2. The first-order valence-corrected chi connectivity index (χ1v) is 9.20. The number of aromatic nitrogens is 2. The number of hydrogen-bond donors (Lipinski definition) is 0. The number of benzene rings is 2. The van der Waals surface area contributed by atoms with Gasteiger partial charge in [-0.1, -0.05) is 30.3 Å². The van der Waals surface area contributed by atoms with Crippen LogP contribution < -0.4 is 4.74 Å². The van der Waals surface area contributed by atoms with Crippen molar-refractivity contribution in [3.05, 3.63) is 77.0 Å². The second-order valence-electron chi connectivity index (χ2n) is 5.82. The number of halogens is 1. The van der Waals surface area contributed by atoms with Crippen LogP contribution in [0.2, 0.25) is 0 Å². The van der Waals surface area contributed by atoms with Crippen molar-refractivity contribution >= 4 is 43.7 Å². The van der Waals surface area contributed by atoms with E-state index in [1.165, 1.54) is 0 Å². The molecule has 6 heteroatoms. The molecule has 4 rings (SSSR count). The molecule has 0 N–H and O–H groups in total. The second kappa shape index (κ2) is 7.72. The van der Waals surface area contributed by atoms with E-state index in [1.807, 2.05) is 54.6 Å². The van der Waals surface area contributed by atoms with E-state index in [0.717, 1.165) is 21.8 Å². The van der Waals surface area contributed by atoms with Gasteiger partial charge in [0, 0.05) is 17.0 Å². The average molecular weight is 423 g/mol. The molecule has 0 amide bonds. The molecule has 2 heterocycles. The minimum Gasteiger partial charge on any atom is -0.489 e. The van der Waals surface area contributed by atoms with E-state index in [-0.39, 0.29) is 18.9 Å². The fraction of sp³-hybridized carbons (Fsp3) is 0.0952. The van der Waals surface area contributed by atoms with Gasteiger partial charge in [-0.15, -0.1) is 0 Å². The first-order valence-electron chi connectivity index (χ1n) is 8.41. The molecular weight excluding hydrogens is 408 g/mol. The third kappa shape index (κ3) is 3.75. The molecule has 0 aliphatic carbocycles. The molecule has 0 spiro atoms. The summed E-state index contributed by atoms with van der Waals surface area (Å²) in [5.41, 5.74) is 1.85. The lowest BCUT2D eigenvalue weighted by atomic mass is 10.2. The number of carbonyl (C=O) groups excluding carboxylic acids is 1. The van der Waals surface area contributed by atoms with Gasteiger partial charge in [-0.3, -0.25) is 4.98 Å². The lowest BCUT2D eigenvalue weighted by Crippen LogP contribution is -2.14. The summed E-state index contributed by atoms with van der Waals surface area (Å²) in [6.07, 6.45) is 1.69. The van der Waals surface area contributed by atoms with Crippen LogP contribution in [0, 0.1) is 0 Å². The van der Waals surface area contributed by atoms with Crippen LogP contribution in [-0.4, -0.2) is 29.2 Å². The van der Waals surface area contributed by atoms with Crippen LogP contribution in [0.5, 0.6) is 5.75 Å². The van der Waals surface area contributed by atoms with Crippen molar-refractivity contribution in [3.8, 4) is 5.75 Å². The van der Waals surface area contributed by atoms with Crippen molar-refractivity contribution in [2.75, 3.05) is 13.2 Å². The van der Waals surface area contributed by atoms with Crippen LogP contribution in [0.4, 0.5) is 0 Å². The Balaban J connectivity index is 1.40. The molecule has 2 aromatic heterocycles. The number of esters is 1. The summed E-state index contributed by atoms with van der Waals surface area (Å²) in [6.45, 7) is 0.362. The van der Waals surface area contributed by atoms with E-state index in [9.17, 15) is 4.79 Å². The third-order valence-electron chi connectivity index (χ3n) is 4.05. The molecule has 5 nitrogen and oxygen atoms in total. The molecule has 0 aliphatic heterocycles. The van der Waals surface area contributed by atoms with E-state index >= 15 is 0 Å². The van der Waals surface area contributed by atoms with Crippen LogP contribution in [0.1, 0.15) is 10.5 Å². The Labute approximate surface area is 164 Å². The van der Waals surface area contributed by atoms with Crippen molar-refractivity contribution in [2.24, 2.45) is 0 Å². The Bertz CT molecular complexity index is 1130. The minimum absolute atomic E-state index is 0.121. The summed E-state index contributed by atoms with van der Waals surface area (Å²) < 4.78 is 11.7. The molecule has 0 fully saturated rings. The van der Waals surface area contributed by atoms with Gasteiger partial charge in [0.25, 0.3) is 0 Å². The van der Waals surface area contributed by atoms with Gasteiger partial charge in [0.15, 0.2) is 5.69 Å². The van der Waals surface area contributed by atoms with Crippen LogP contribution in [0.25, 0.3) is 21.8 Å². The summed E-state index contributed by atoms with van der Waals surface area (Å²) in [5, 5.41) is 1.87. The number of ether oxygens (including phenoxy) is 2. The lowest BCUT2D eigenvalue weighted by Gasteiger charge is -2.10. The number of para-hydroxylation sites is 2. The van der Waals surface area contributed by atoms with Crippen LogP contribution in [0.15, 0.2) is 71.3 Å². The molecule has 0 radical (unpaired) electrons. The van der Waals surface area contributed by atoms with Gasteiger partial charge in [0.2, 0.25) is 0 Å². The molecule has 2 aromatic carbocycles. The van der Waals surface area contributed by atoms with Gasteiger partial charge in [0.1, 0.15) is 19.0 Å². The van der Waals surface area contributed by atoms with Gasteiger partial charge >= 0.3 is 5.97 Å². The zero-order valence-electron chi connectivity index (χ0n) is 14.3. The number of nitrogens with zero attached hydrogens (tertiary/aromatic N) is 2. The highest BCUT2D eigenvalue weighted by Gasteiger charge is 2.15. The van der Waals surface area contributed by atoms with E-state index in [4.69, 9.17) is 9.47 Å². The first-order chi connectivity index (χ1) is 13.2. The monoisotopic (exact) mass is 422 g/mol. The normalized spacial score (nSPS) is 10.9. The molecule has 0 saturated heterocycles. The second-order valence-corrected chi connectivity index (χ2v) is 6.68. The van der Waals surface area contributed by atoms with Crippen molar-refractivity contribution in [1.82, 2.24) is 9.97 Å². The smallest absolute Gasteiger partial charge is 0.358 e. The van der Waals surface area contributed by atoms with Crippen LogP contribution in [-0.2, 0) is 4.74 Å². The summed E-state index contributed by atoms with van der Waals surface area (Å²) >= 11 is 3.39. The summed E-state index contributed by atoms with van der Waals surface area (Å²) in [5.74, 6) is 0.220. The summed E-state index contributed by atoms with van der Waals surface area (Å²) in [6, 6.07) is 19.0. The largest absolute Gasteiger partial charge is 0.489 e. The Hall–Kier alpha value is -2.99. The molecule has 0 aliphatic rings. The highest BCUT2D eigenvalue weighted by molar-refractivity contribution is 9.10. The van der Waals surface area contributed by atoms with Crippen molar-refractivity contribution in [3.63, 3.8) is 0 Å². The first kappa shape index (κ1) is 17.4. The quantitative estimate of drug-likeness (QED) is 0.342. The maximum absolute atomic E-state index is 12.4. The van der Waals surface area contributed by atoms with E-state index in [0.29, 0.717) is 10.2 Å². The summed E-state index contributed by atoms with van der Waals surface area (Å²) in [7, 11) is 0. The maximum atomic E-state index is 12.4. The topological polar surface area (TPSA) is 61.3 Å². The zero-order chi connectivity index (χ0) is 18.6. The van der Waals surface area contributed by atoms with Gasteiger partial charge in [0.05, 0.1) is 15.5 Å². The Morgan fingerprint density at radius 1 is 0.963 bits per heavy atom. The molecule has 0 saturated carbocycles. The van der Waals surface area contributed by atoms with Gasteiger partial charge in [-0.05, 0) is 46.3 Å². The molecule has 0 unspecified atom stereocenters. The predicted octanol–water partition coefficient (Wildman–Crippen LogP) is 4.78. The molecular formula is C21H15BrN2O3. The average Bonchev–Trinajstić information content (AvgIpc) is 2.70. The maximum Gasteiger partial charge on any atom is 0.358 e. The fourth-order valence-corrected chi connectivity index (χ4v) is 3.28. The molecule has 4 aromatic rings. The molecule has 0 atom stereocenters. The third-order valence-corrected chi connectivity index (χ3v) is 4.66. The molecule has 27 heavy (non-hydrogen) atoms. The Kier molecular flexibility index (Phi) is 4.98. The van der Waals surface area contributed by atoms with Crippen molar-refractivity contribution in [2.45, 2.75) is 0 Å². The van der Waals surface area contributed by atoms with E-state index in [2.05, 4.69) is 25.9 Å². The van der Waals surface area contributed by atoms with Crippen molar-refractivity contribution in [1.29, 1.82) is 0 Å². The van der Waals surface area contributed by atoms with E-state index < -0.39 is 5.97 Å². The van der Waals surface area contributed by atoms with Gasteiger partial charge in [-0.2, -0.15) is 0 Å². The highest BCUT2D eigenvalue weighted by Crippen LogP contribution is 2.24. The van der Waals surface area contributed by atoms with E-state index in [1.54, 1.807) is 12.3 Å². The molecule has 134 valence electrons. The number of hydrogen-bond acceptors (Lipinski definition) is 5. The van der Waals surface area contributed by atoms with Crippen LogP contribution in [0.3, 0.4) is 0 Å². The van der Waals surface area contributed by atoms with Gasteiger partial charge < -0.3 is 9.47 Å². The zero-order valence-corrected chi connectivity index (χ0v) is 15.8. The number of carbonyl (C=O) groups is 1. The number of rotatable bonds is 5.